The smallest absolute Gasteiger partial charge is 0.335 e. The Bertz CT molecular complexity index is 922. The van der Waals surface area contributed by atoms with Gasteiger partial charge in [0.15, 0.2) is 0 Å². The van der Waals surface area contributed by atoms with Crippen molar-refractivity contribution in [3.05, 3.63) is 95.1 Å². The van der Waals surface area contributed by atoms with E-state index in [1.54, 1.807) is 12.1 Å². The zero-order valence-electron chi connectivity index (χ0n) is 16.0. The molecule has 0 saturated heterocycles. The molecule has 0 spiro atoms. The van der Waals surface area contributed by atoms with Crippen molar-refractivity contribution in [1.82, 2.24) is 0 Å². The summed E-state index contributed by atoms with van der Waals surface area (Å²) in [4.78, 5) is 11.4. The Hall–Kier alpha value is -3.27. The van der Waals surface area contributed by atoms with Crippen molar-refractivity contribution < 1.29 is 14.6 Å². The second-order valence-electron chi connectivity index (χ2n) is 6.66. The molecule has 0 aliphatic carbocycles. The number of ether oxygens (including phenoxy) is 1. The van der Waals surface area contributed by atoms with Crippen LogP contribution in [-0.2, 0) is 19.4 Å². The highest BCUT2D eigenvalue weighted by atomic mass is 16.5. The molecule has 3 aromatic rings. The average molecular weight is 375 g/mol. The third-order valence-electron chi connectivity index (χ3n) is 4.73. The van der Waals surface area contributed by atoms with Gasteiger partial charge < -0.3 is 15.2 Å². The molecule has 4 nitrogen and oxygen atoms in total. The number of hydrogen-bond acceptors (Lipinski definition) is 3. The Balaban J connectivity index is 1.69. The van der Waals surface area contributed by atoms with Crippen LogP contribution in [-0.4, -0.2) is 18.1 Å². The number of nitrogens with one attached hydrogen (secondary N) is 1. The van der Waals surface area contributed by atoms with E-state index in [-0.39, 0.29) is 0 Å². The minimum absolute atomic E-state index is 0.382. The van der Waals surface area contributed by atoms with Crippen LogP contribution in [0.1, 0.15) is 33.5 Å². The molecule has 0 heterocycles. The quantitative estimate of drug-likeness (QED) is 0.541. The number of anilines is 1. The summed E-state index contributed by atoms with van der Waals surface area (Å²) in [5.41, 5.74) is 4.53. The fraction of sp³-hybridized carbons (Fsp3) is 0.208. The van der Waals surface area contributed by atoms with Crippen LogP contribution in [0.15, 0.2) is 72.8 Å². The molecule has 0 amide bonds. The summed E-state index contributed by atoms with van der Waals surface area (Å²) in [6.45, 7) is 0.522. The average Bonchev–Trinajstić information content (AvgIpc) is 2.73. The van der Waals surface area contributed by atoms with E-state index in [0.29, 0.717) is 18.6 Å². The van der Waals surface area contributed by atoms with Crippen LogP contribution in [0.4, 0.5) is 5.69 Å². The molecule has 0 atom stereocenters. The monoisotopic (exact) mass is 375 g/mol. The predicted octanol–water partition coefficient (Wildman–Crippen LogP) is 5.18. The highest BCUT2D eigenvalue weighted by Crippen LogP contribution is 2.26. The highest BCUT2D eigenvalue weighted by molar-refractivity contribution is 5.89. The molecular formula is C24H25NO3. The van der Waals surface area contributed by atoms with E-state index >= 15 is 0 Å². The Morgan fingerprint density at radius 1 is 0.929 bits per heavy atom. The lowest BCUT2D eigenvalue weighted by molar-refractivity contribution is 0.0695. The molecule has 0 bridgehead atoms. The number of hydrogen-bond donors (Lipinski definition) is 2. The van der Waals surface area contributed by atoms with Gasteiger partial charge in [0, 0.05) is 12.7 Å². The van der Waals surface area contributed by atoms with Crippen molar-refractivity contribution in [3.63, 3.8) is 0 Å². The van der Waals surface area contributed by atoms with Crippen LogP contribution in [0.25, 0.3) is 0 Å². The van der Waals surface area contributed by atoms with Crippen molar-refractivity contribution in [1.29, 1.82) is 0 Å². The summed E-state index contributed by atoms with van der Waals surface area (Å²) in [5.74, 6) is -0.00552. The minimum Gasteiger partial charge on any atom is -0.489 e. The van der Waals surface area contributed by atoms with Crippen molar-refractivity contribution in [2.24, 2.45) is 0 Å². The van der Waals surface area contributed by atoms with Crippen molar-refractivity contribution in [2.75, 3.05) is 12.4 Å². The summed E-state index contributed by atoms with van der Waals surface area (Å²) >= 11 is 0. The summed E-state index contributed by atoms with van der Waals surface area (Å²) < 4.78 is 6.07. The van der Waals surface area contributed by atoms with Gasteiger partial charge >= 0.3 is 5.97 Å². The van der Waals surface area contributed by atoms with Crippen LogP contribution >= 0.6 is 0 Å². The van der Waals surface area contributed by atoms with Gasteiger partial charge in [-0.25, -0.2) is 4.79 Å². The third kappa shape index (κ3) is 5.13. The van der Waals surface area contributed by atoms with Gasteiger partial charge in [0.2, 0.25) is 0 Å². The van der Waals surface area contributed by atoms with E-state index in [2.05, 4.69) is 11.4 Å². The maximum atomic E-state index is 11.4. The first kappa shape index (κ1) is 19.5. The lowest BCUT2D eigenvalue weighted by Gasteiger charge is -2.14. The first-order chi connectivity index (χ1) is 13.7. The molecule has 0 aliphatic rings. The maximum Gasteiger partial charge on any atom is 0.335 e. The molecule has 3 aromatic carbocycles. The number of carboxylic acid groups (broad SMARTS) is 1. The summed E-state index contributed by atoms with van der Waals surface area (Å²) in [7, 11) is 1.90. The fourth-order valence-corrected chi connectivity index (χ4v) is 3.22. The van der Waals surface area contributed by atoms with Gasteiger partial charge in [0.1, 0.15) is 12.4 Å². The van der Waals surface area contributed by atoms with Gasteiger partial charge in [-0.05, 0) is 60.2 Å². The zero-order chi connectivity index (χ0) is 19.8. The molecule has 0 unspecified atom stereocenters. The molecule has 144 valence electrons. The van der Waals surface area contributed by atoms with Crippen LogP contribution < -0.4 is 10.1 Å². The number of benzene rings is 3. The van der Waals surface area contributed by atoms with Gasteiger partial charge in [-0.15, -0.1) is 0 Å². The van der Waals surface area contributed by atoms with Crippen LogP contribution in [0, 0.1) is 0 Å². The molecule has 0 radical (unpaired) electrons. The fourth-order valence-electron chi connectivity index (χ4n) is 3.22. The van der Waals surface area contributed by atoms with E-state index in [1.165, 1.54) is 0 Å². The van der Waals surface area contributed by atoms with E-state index < -0.39 is 5.97 Å². The summed E-state index contributed by atoms with van der Waals surface area (Å²) in [6.07, 6.45) is 2.37. The predicted molar refractivity (Wildman–Crippen MR) is 112 cm³/mol. The third-order valence-corrected chi connectivity index (χ3v) is 4.73. The molecule has 28 heavy (non-hydrogen) atoms. The first-order valence-corrected chi connectivity index (χ1v) is 9.46. The summed E-state index contributed by atoms with van der Waals surface area (Å²) in [5, 5.41) is 12.5. The summed E-state index contributed by atoms with van der Waals surface area (Å²) in [6, 6.07) is 23.4. The van der Waals surface area contributed by atoms with Gasteiger partial charge in [-0.3, -0.25) is 0 Å². The van der Waals surface area contributed by atoms with E-state index in [0.717, 1.165) is 41.0 Å². The number of aromatic carboxylic acids is 1. The largest absolute Gasteiger partial charge is 0.489 e. The lowest BCUT2D eigenvalue weighted by Crippen LogP contribution is -2.04. The Morgan fingerprint density at radius 3 is 2.39 bits per heavy atom. The maximum absolute atomic E-state index is 11.4. The number of aryl methyl sites for hydroxylation is 2. The molecule has 2 N–H and O–H groups in total. The standard InChI is InChI=1S/C24H25NO3/c1-25-21-14-15-23(28-17-18-8-3-2-4-9-18)20(16-21)12-7-11-19-10-5-6-13-22(19)24(26)27/h2-6,8-10,13-16,25H,7,11-12,17H2,1H3,(H,26,27). The number of carboxylic acids is 1. The van der Waals surface area contributed by atoms with Crippen molar-refractivity contribution >= 4 is 11.7 Å². The van der Waals surface area contributed by atoms with Crippen LogP contribution in [0.3, 0.4) is 0 Å². The van der Waals surface area contributed by atoms with Gasteiger partial charge in [-0.2, -0.15) is 0 Å². The second-order valence-corrected chi connectivity index (χ2v) is 6.66. The van der Waals surface area contributed by atoms with E-state index in [4.69, 9.17) is 4.74 Å². The Kier molecular flexibility index (Phi) is 6.68. The molecule has 0 aliphatic heterocycles. The van der Waals surface area contributed by atoms with E-state index in [1.807, 2.05) is 61.6 Å². The SMILES string of the molecule is CNc1ccc(OCc2ccccc2)c(CCCc2ccccc2C(=O)O)c1. The second kappa shape index (κ2) is 9.60. The van der Waals surface area contributed by atoms with Crippen LogP contribution in [0.5, 0.6) is 5.75 Å². The van der Waals surface area contributed by atoms with Crippen molar-refractivity contribution in [3.8, 4) is 5.75 Å². The zero-order valence-corrected chi connectivity index (χ0v) is 16.0. The minimum atomic E-state index is -0.875. The van der Waals surface area contributed by atoms with Gasteiger partial charge in [-0.1, -0.05) is 48.5 Å². The van der Waals surface area contributed by atoms with Crippen LogP contribution in [0.2, 0.25) is 0 Å². The van der Waals surface area contributed by atoms with Gasteiger partial charge in [0.05, 0.1) is 5.56 Å². The molecule has 3 rings (SSSR count). The molecule has 4 heteroatoms. The number of rotatable bonds is 9. The number of carbonyl (C=O) groups is 1. The molecule has 0 aromatic heterocycles. The normalized spacial score (nSPS) is 10.5. The Morgan fingerprint density at radius 2 is 1.64 bits per heavy atom. The highest BCUT2D eigenvalue weighted by Gasteiger charge is 2.10. The van der Waals surface area contributed by atoms with Crippen molar-refractivity contribution in [2.45, 2.75) is 25.9 Å². The van der Waals surface area contributed by atoms with E-state index in [9.17, 15) is 9.90 Å². The topological polar surface area (TPSA) is 58.6 Å². The molecule has 0 fully saturated rings. The first-order valence-electron chi connectivity index (χ1n) is 9.46. The van der Waals surface area contributed by atoms with Gasteiger partial charge in [0.25, 0.3) is 0 Å². The molecular weight excluding hydrogens is 350 g/mol. The Labute approximate surface area is 165 Å². The molecule has 0 saturated carbocycles. The lowest BCUT2D eigenvalue weighted by atomic mass is 9.99.